The standard InChI is InChI=1S/C22H14N2O4/c25-20(12-27-22(26)16-8-5-11-19-21(16)23-13-28-19)24-17-9-3-1-6-14(17)15-7-2-4-10-18(15)24/h1-11,13H,12H2. The van der Waals surface area contributed by atoms with E-state index in [4.69, 9.17) is 9.15 Å². The molecule has 0 saturated carbocycles. The van der Waals surface area contributed by atoms with E-state index in [-0.39, 0.29) is 18.1 Å². The Hall–Kier alpha value is -3.93. The van der Waals surface area contributed by atoms with Crippen molar-refractivity contribution in [1.82, 2.24) is 9.55 Å². The third kappa shape index (κ3) is 2.46. The summed E-state index contributed by atoms with van der Waals surface area (Å²) in [6.45, 7) is -0.379. The fraction of sp³-hybridized carbons (Fsp3) is 0.0455. The minimum absolute atomic E-state index is 0.265. The van der Waals surface area contributed by atoms with Gasteiger partial charge in [0.05, 0.1) is 16.6 Å². The van der Waals surface area contributed by atoms with Crippen molar-refractivity contribution in [2.75, 3.05) is 6.61 Å². The molecule has 2 aromatic heterocycles. The van der Waals surface area contributed by atoms with Crippen molar-refractivity contribution in [2.24, 2.45) is 0 Å². The second-order valence-electron chi connectivity index (χ2n) is 6.34. The van der Waals surface area contributed by atoms with Crippen molar-refractivity contribution in [3.05, 3.63) is 78.7 Å². The molecule has 0 fully saturated rings. The third-order valence-corrected chi connectivity index (χ3v) is 4.74. The van der Waals surface area contributed by atoms with Crippen LogP contribution in [-0.4, -0.2) is 28.0 Å². The van der Waals surface area contributed by atoms with Crippen LogP contribution in [0.5, 0.6) is 0 Å². The Bertz CT molecular complexity index is 1310. The Morgan fingerprint density at radius 2 is 1.57 bits per heavy atom. The molecule has 6 nitrogen and oxygen atoms in total. The molecule has 5 aromatic rings. The van der Waals surface area contributed by atoms with Crippen LogP contribution in [0.25, 0.3) is 32.9 Å². The summed E-state index contributed by atoms with van der Waals surface area (Å²) in [4.78, 5) is 29.5. The molecule has 2 heterocycles. The number of nitrogens with zero attached hydrogens (tertiary/aromatic N) is 2. The van der Waals surface area contributed by atoms with Crippen molar-refractivity contribution >= 4 is 44.8 Å². The maximum absolute atomic E-state index is 12.9. The zero-order chi connectivity index (χ0) is 19.1. The van der Waals surface area contributed by atoms with Crippen LogP contribution in [0, 0.1) is 0 Å². The summed E-state index contributed by atoms with van der Waals surface area (Å²) in [5.41, 5.74) is 2.73. The van der Waals surface area contributed by atoms with Crippen molar-refractivity contribution in [1.29, 1.82) is 0 Å². The number of oxazole rings is 1. The molecule has 0 bridgehead atoms. The predicted molar refractivity (Wildman–Crippen MR) is 104 cm³/mol. The number of carbonyl (C=O) groups excluding carboxylic acids is 2. The van der Waals surface area contributed by atoms with E-state index in [1.807, 2.05) is 48.5 Å². The quantitative estimate of drug-likeness (QED) is 0.439. The van der Waals surface area contributed by atoms with Gasteiger partial charge in [-0.3, -0.25) is 9.36 Å². The largest absolute Gasteiger partial charge is 0.452 e. The minimum Gasteiger partial charge on any atom is -0.452 e. The summed E-state index contributed by atoms with van der Waals surface area (Å²) in [6.07, 6.45) is 1.27. The first-order chi connectivity index (χ1) is 13.7. The van der Waals surface area contributed by atoms with Gasteiger partial charge in [-0.25, -0.2) is 9.78 Å². The predicted octanol–water partition coefficient (Wildman–Crippen LogP) is 4.43. The first-order valence-electron chi connectivity index (χ1n) is 8.75. The Morgan fingerprint density at radius 1 is 0.893 bits per heavy atom. The summed E-state index contributed by atoms with van der Waals surface area (Å²) in [7, 11) is 0. The van der Waals surface area contributed by atoms with E-state index in [0.717, 1.165) is 21.8 Å². The van der Waals surface area contributed by atoms with Crippen LogP contribution in [0.3, 0.4) is 0 Å². The fourth-order valence-corrected chi connectivity index (χ4v) is 3.51. The SMILES string of the molecule is O=C(OCC(=O)n1c2ccccc2c2ccccc21)c1cccc2ocnc12. The third-order valence-electron chi connectivity index (χ3n) is 4.74. The molecule has 6 heteroatoms. The summed E-state index contributed by atoms with van der Waals surface area (Å²) < 4.78 is 12.1. The van der Waals surface area contributed by atoms with E-state index in [1.54, 1.807) is 22.8 Å². The lowest BCUT2D eigenvalue weighted by molar-refractivity contribution is 0.0454. The lowest BCUT2D eigenvalue weighted by atomic mass is 10.2. The van der Waals surface area contributed by atoms with Crippen molar-refractivity contribution in [3.8, 4) is 0 Å². The van der Waals surface area contributed by atoms with Gasteiger partial charge in [0.15, 0.2) is 18.6 Å². The Balaban J connectivity index is 1.47. The zero-order valence-corrected chi connectivity index (χ0v) is 14.7. The smallest absolute Gasteiger partial charge is 0.340 e. The van der Waals surface area contributed by atoms with Crippen LogP contribution in [0.1, 0.15) is 15.2 Å². The van der Waals surface area contributed by atoms with Gasteiger partial charge in [-0.1, -0.05) is 42.5 Å². The van der Waals surface area contributed by atoms with Crippen LogP contribution < -0.4 is 0 Å². The Kier molecular flexibility index (Phi) is 3.69. The van der Waals surface area contributed by atoms with Crippen molar-refractivity contribution in [3.63, 3.8) is 0 Å². The van der Waals surface area contributed by atoms with Crippen LogP contribution in [0.4, 0.5) is 0 Å². The Labute approximate surface area is 158 Å². The molecule has 28 heavy (non-hydrogen) atoms. The molecule has 0 amide bonds. The fourth-order valence-electron chi connectivity index (χ4n) is 3.51. The number of aromatic nitrogens is 2. The molecule has 136 valence electrons. The van der Waals surface area contributed by atoms with Crippen LogP contribution in [-0.2, 0) is 4.74 Å². The molecule has 0 unspecified atom stereocenters. The summed E-state index contributed by atoms with van der Waals surface area (Å²) in [6, 6.07) is 20.3. The maximum atomic E-state index is 12.9. The molecule has 5 rings (SSSR count). The molecular weight excluding hydrogens is 356 g/mol. The number of esters is 1. The van der Waals surface area contributed by atoms with E-state index < -0.39 is 5.97 Å². The molecule has 0 spiro atoms. The summed E-state index contributed by atoms with van der Waals surface area (Å²) >= 11 is 0. The highest BCUT2D eigenvalue weighted by Crippen LogP contribution is 2.28. The first-order valence-corrected chi connectivity index (χ1v) is 8.75. The molecule has 0 atom stereocenters. The number of para-hydroxylation sites is 3. The van der Waals surface area contributed by atoms with Gasteiger partial charge in [0.1, 0.15) is 5.52 Å². The van der Waals surface area contributed by atoms with Gasteiger partial charge in [-0.15, -0.1) is 0 Å². The monoisotopic (exact) mass is 370 g/mol. The van der Waals surface area contributed by atoms with Crippen LogP contribution >= 0.6 is 0 Å². The van der Waals surface area contributed by atoms with Gasteiger partial charge < -0.3 is 9.15 Å². The number of carbonyl (C=O) groups is 2. The van der Waals surface area contributed by atoms with E-state index in [2.05, 4.69) is 4.98 Å². The Morgan fingerprint density at radius 3 is 2.29 bits per heavy atom. The van der Waals surface area contributed by atoms with Crippen molar-refractivity contribution < 1.29 is 18.7 Å². The van der Waals surface area contributed by atoms with Gasteiger partial charge in [0, 0.05) is 10.8 Å². The van der Waals surface area contributed by atoms with Crippen LogP contribution in [0.2, 0.25) is 0 Å². The zero-order valence-electron chi connectivity index (χ0n) is 14.7. The lowest BCUT2D eigenvalue weighted by Crippen LogP contribution is -2.20. The molecule has 3 aromatic carbocycles. The highest BCUT2D eigenvalue weighted by atomic mass is 16.5. The van der Waals surface area contributed by atoms with Crippen molar-refractivity contribution in [2.45, 2.75) is 0 Å². The maximum Gasteiger partial charge on any atom is 0.340 e. The molecule has 0 radical (unpaired) electrons. The number of hydrogen-bond acceptors (Lipinski definition) is 5. The second kappa shape index (κ2) is 6.35. The van der Waals surface area contributed by atoms with E-state index >= 15 is 0 Å². The van der Waals surface area contributed by atoms with Gasteiger partial charge in [-0.05, 0) is 24.3 Å². The van der Waals surface area contributed by atoms with E-state index in [0.29, 0.717) is 11.1 Å². The topological polar surface area (TPSA) is 74.3 Å². The second-order valence-corrected chi connectivity index (χ2v) is 6.34. The number of hydrogen-bond donors (Lipinski definition) is 0. The number of ether oxygens (including phenoxy) is 1. The molecule has 0 N–H and O–H groups in total. The number of fused-ring (bicyclic) bond motifs is 4. The summed E-state index contributed by atoms with van der Waals surface area (Å²) in [5.74, 6) is -0.938. The highest BCUT2D eigenvalue weighted by molar-refractivity contribution is 6.13. The number of benzene rings is 3. The van der Waals surface area contributed by atoms with Gasteiger partial charge in [0.2, 0.25) is 0 Å². The molecule has 0 saturated heterocycles. The highest BCUT2D eigenvalue weighted by Gasteiger charge is 2.19. The van der Waals surface area contributed by atoms with Gasteiger partial charge >= 0.3 is 5.97 Å². The molecule has 0 aliphatic heterocycles. The van der Waals surface area contributed by atoms with E-state index in [1.165, 1.54) is 6.39 Å². The number of rotatable bonds is 3. The van der Waals surface area contributed by atoms with Gasteiger partial charge in [-0.2, -0.15) is 0 Å². The van der Waals surface area contributed by atoms with Crippen LogP contribution in [0.15, 0.2) is 77.5 Å². The minimum atomic E-state index is -0.617. The average molecular weight is 370 g/mol. The van der Waals surface area contributed by atoms with Gasteiger partial charge in [0.25, 0.3) is 5.91 Å². The van der Waals surface area contributed by atoms with E-state index in [9.17, 15) is 9.59 Å². The molecule has 0 aliphatic rings. The molecule has 0 aliphatic carbocycles. The average Bonchev–Trinajstić information content (AvgIpc) is 3.34. The lowest BCUT2D eigenvalue weighted by Gasteiger charge is -2.08. The molecular formula is C22H14N2O4. The summed E-state index contributed by atoms with van der Waals surface area (Å²) in [5, 5.41) is 1.95. The first kappa shape index (κ1) is 16.3. The normalized spacial score (nSPS) is 11.3.